The quantitative estimate of drug-likeness (QED) is 0.680. The number of ether oxygens (including phenoxy) is 1. The molecule has 17 heavy (non-hydrogen) atoms. The summed E-state index contributed by atoms with van der Waals surface area (Å²) in [5.74, 6) is 1.11. The molecule has 1 saturated carbocycles. The zero-order chi connectivity index (χ0) is 12.4. The maximum absolute atomic E-state index is 6.22. The Morgan fingerprint density at radius 1 is 1.29 bits per heavy atom. The summed E-state index contributed by atoms with van der Waals surface area (Å²) in [5, 5.41) is 0. The van der Waals surface area contributed by atoms with Crippen LogP contribution in [0, 0.1) is 12.3 Å². The molecule has 1 aliphatic heterocycles. The molecule has 2 aliphatic rings. The predicted molar refractivity (Wildman–Crippen MR) is 73.7 cm³/mol. The highest BCUT2D eigenvalue weighted by atomic mass is 79.9. The molecule has 2 atom stereocenters. The normalized spacial score (nSPS) is 33.1. The molecule has 1 aliphatic carbocycles. The van der Waals surface area contributed by atoms with E-state index in [0.29, 0.717) is 6.10 Å². The van der Waals surface area contributed by atoms with Gasteiger partial charge in [-0.05, 0) is 37.5 Å². The number of halogens is 1. The molecule has 1 aromatic carbocycles. The van der Waals surface area contributed by atoms with Crippen LogP contribution < -0.4 is 4.74 Å². The smallest absolute Gasteiger partial charge is 0.123 e. The van der Waals surface area contributed by atoms with Crippen LogP contribution in [0.25, 0.3) is 0 Å². The van der Waals surface area contributed by atoms with Gasteiger partial charge < -0.3 is 4.74 Å². The summed E-state index contributed by atoms with van der Waals surface area (Å²) in [5.41, 5.74) is 3.12. The van der Waals surface area contributed by atoms with E-state index in [0.717, 1.165) is 5.75 Å². The van der Waals surface area contributed by atoms with Crippen molar-refractivity contribution in [1.82, 2.24) is 0 Å². The van der Waals surface area contributed by atoms with Crippen molar-refractivity contribution in [3.63, 3.8) is 0 Å². The van der Waals surface area contributed by atoms with Crippen LogP contribution in [0.5, 0.6) is 5.75 Å². The highest BCUT2D eigenvalue weighted by Crippen LogP contribution is 2.60. The summed E-state index contributed by atoms with van der Waals surface area (Å²) >= 11 is 3.65. The molecule has 1 nitrogen and oxygen atoms in total. The topological polar surface area (TPSA) is 9.23 Å². The molecule has 92 valence electrons. The Kier molecular flexibility index (Phi) is 2.24. The van der Waals surface area contributed by atoms with Crippen LogP contribution in [0.1, 0.15) is 44.7 Å². The standard InChI is InChI=1S/C15H19BrO/c1-9-7-12-10(8-11(9)16)15(4)6-5-13(17-12)14(15,2)3/h7-8,13H,5-6H2,1-4H3. The van der Waals surface area contributed by atoms with Crippen molar-refractivity contribution in [2.45, 2.75) is 52.1 Å². The number of hydrogen-bond acceptors (Lipinski definition) is 1. The van der Waals surface area contributed by atoms with Crippen LogP contribution in [0.4, 0.5) is 0 Å². The van der Waals surface area contributed by atoms with Gasteiger partial charge in [0.1, 0.15) is 11.9 Å². The van der Waals surface area contributed by atoms with E-state index in [1.807, 2.05) is 0 Å². The van der Waals surface area contributed by atoms with Gasteiger partial charge in [0.2, 0.25) is 0 Å². The van der Waals surface area contributed by atoms with E-state index in [1.54, 1.807) is 0 Å². The Morgan fingerprint density at radius 3 is 2.71 bits per heavy atom. The number of benzene rings is 1. The van der Waals surface area contributed by atoms with E-state index in [-0.39, 0.29) is 10.8 Å². The Labute approximate surface area is 112 Å². The third-order valence-corrected chi connectivity index (χ3v) is 6.11. The first kappa shape index (κ1) is 11.6. The van der Waals surface area contributed by atoms with Crippen LogP contribution in [0.2, 0.25) is 0 Å². The van der Waals surface area contributed by atoms with Gasteiger partial charge >= 0.3 is 0 Å². The molecule has 0 saturated heterocycles. The molecular formula is C15H19BrO. The van der Waals surface area contributed by atoms with Crippen molar-refractivity contribution in [2.24, 2.45) is 5.41 Å². The number of hydrogen-bond donors (Lipinski definition) is 0. The molecule has 2 heteroatoms. The molecule has 3 rings (SSSR count). The molecule has 1 heterocycles. The molecule has 0 aromatic heterocycles. The van der Waals surface area contributed by atoms with Crippen molar-refractivity contribution in [3.8, 4) is 5.75 Å². The van der Waals surface area contributed by atoms with E-state index < -0.39 is 0 Å². The second kappa shape index (κ2) is 3.28. The summed E-state index contributed by atoms with van der Waals surface area (Å²) < 4.78 is 7.41. The minimum atomic E-state index is 0.231. The van der Waals surface area contributed by atoms with Gasteiger partial charge in [0.05, 0.1) is 0 Å². The number of rotatable bonds is 0. The molecular weight excluding hydrogens is 276 g/mol. The van der Waals surface area contributed by atoms with Gasteiger partial charge in [0.25, 0.3) is 0 Å². The highest BCUT2D eigenvalue weighted by molar-refractivity contribution is 9.10. The van der Waals surface area contributed by atoms with E-state index in [1.165, 1.54) is 28.4 Å². The largest absolute Gasteiger partial charge is 0.490 e. The molecule has 0 radical (unpaired) electrons. The molecule has 0 amide bonds. The average molecular weight is 295 g/mol. The van der Waals surface area contributed by atoms with Crippen LogP contribution in [0.15, 0.2) is 16.6 Å². The van der Waals surface area contributed by atoms with Gasteiger partial charge in [-0.3, -0.25) is 0 Å². The third-order valence-electron chi connectivity index (χ3n) is 5.26. The first-order valence-electron chi connectivity index (χ1n) is 6.33. The summed E-state index contributed by atoms with van der Waals surface area (Å²) in [4.78, 5) is 0. The van der Waals surface area contributed by atoms with Crippen LogP contribution in [-0.4, -0.2) is 6.10 Å². The van der Waals surface area contributed by atoms with Crippen molar-refractivity contribution < 1.29 is 4.74 Å². The monoisotopic (exact) mass is 294 g/mol. The Hall–Kier alpha value is -0.500. The lowest BCUT2D eigenvalue weighted by molar-refractivity contribution is 0.0391. The van der Waals surface area contributed by atoms with Crippen molar-refractivity contribution in [2.75, 3.05) is 0 Å². The predicted octanol–water partition coefficient (Wildman–Crippen LogP) is 4.60. The Morgan fingerprint density at radius 2 is 2.00 bits per heavy atom. The zero-order valence-electron chi connectivity index (χ0n) is 10.9. The summed E-state index contributed by atoms with van der Waals surface area (Å²) in [6.45, 7) is 9.22. The first-order valence-corrected chi connectivity index (χ1v) is 7.13. The van der Waals surface area contributed by atoms with Crippen LogP contribution in [-0.2, 0) is 5.41 Å². The second-order valence-electron chi connectivity index (χ2n) is 6.30. The van der Waals surface area contributed by atoms with E-state index >= 15 is 0 Å². The van der Waals surface area contributed by atoms with Crippen molar-refractivity contribution in [1.29, 1.82) is 0 Å². The van der Waals surface area contributed by atoms with Gasteiger partial charge in [-0.15, -0.1) is 0 Å². The lowest BCUT2D eigenvalue weighted by Gasteiger charge is -2.46. The van der Waals surface area contributed by atoms with E-state index in [2.05, 4.69) is 55.8 Å². The van der Waals surface area contributed by atoms with Gasteiger partial charge in [-0.2, -0.15) is 0 Å². The van der Waals surface area contributed by atoms with Gasteiger partial charge in [-0.1, -0.05) is 36.7 Å². The fourth-order valence-electron chi connectivity index (χ4n) is 3.48. The summed E-state index contributed by atoms with van der Waals surface area (Å²) in [6, 6.07) is 4.46. The van der Waals surface area contributed by atoms with Crippen molar-refractivity contribution in [3.05, 3.63) is 27.7 Å². The molecule has 0 spiro atoms. The zero-order valence-corrected chi connectivity index (χ0v) is 12.5. The third kappa shape index (κ3) is 1.31. The maximum atomic E-state index is 6.22. The molecule has 2 bridgehead atoms. The minimum Gasteiger partial charge on any atom is -0.490 e. The maximum Gasteiger partial charge on any atom is 0.123 e. The molecule has 0 N–H and O–H groups in total. The SMILES string of the molecule is Cc1cc2c(cc1Br)C1(C)CCC(O2)C1(C)C. The van der Waals surface area contributed by atoms with Crippen molar-refractivity contribution >= 4 is 15.9 Å². The summed E-state index contributed by atoms with van der Waals surface area (Å²) in [6.07, 6.45) is 2.78. The fraction of sp³-hybridized carbons (Fsp3) is 0.600. The minimum absolute atomic E-state index is 0.231. The molecule has 2 unspecified atom stereocenters. The van der Waals surface area contributed by atoms with E-state index in [4.69, 9.17) is 4.74 Å². The van der Waals surface area contributed by atoms with Gasteiger partial charge in [-0.25, -0.2) is 0 Å². The van der Waals surface area contributed by atoms with Crippen LogP contribution in [0.3, 0.4) is 0 Å². The first-order chi connectivity index (χ1) is 7.86. The lowest BCUT2D eigenvalue weighted by Crippen LogP contribution is -2.46. The lowest BCUT2D eigenvalue weighted by atomic mass is 9.63. The average Bonchev–Trinajstić information content (AvgIpc) is 2.41. The number of aryl methyl sites for hydroxylation is 1. The van der Waals surface area contributed by atoms with Gasteiger partial charge in [0.15, 0.2) is 0 Å². The molecule has 1 fully saturated rings. The second-order valence-corrected chi connectivity index (χ2v) is 7.15. The van der Waals surface area contributed by atoms with Crippen LogP contribution >= 0.6 is 15.9 Å². The van der Waals surface area contributed by atoms with Gasteiger partial charge in [0, 0.05) is 20.9 Å². The molecule has 1 aromatic rings. The number of fused-ring (bicyclic) bond motifs is 4. The summed E-state index contributed by atoms with van der Waals surface area (Å²) in [7, 11) is 0. The Balaban J connectivity index is 2.26. The fourth-order valence-corrected chi connectivity index (χ4v) is 3.83. The van der Waals surface area contributed by atoms with E-state index in [9.17, 15) is 0 Å². The highest BCUT2D eigenvalue weighted by Gasteiger charge is 2.57. The Bertz CT molecular complexity index is 492.